The molecule has 0 saturated heterocycles. The molecule has 0 fully saturated rings. The third-order valence-electron chi connectivity index (χ3n) is 2.71. The normalized spacial score (nSPS) is 12.2. The second-order valence-electron chi connectivity index (χ2n) is 4.28. The molecule has 2 nitrogen and oxygen atoms in total. The molecule has 0 radical (unpaired) electrons. The molecule has 2 rings (SSSR count). The smallest absolute Gasteiger partial charge is 0.128 e. The van der Waals surface area contributed by atoms with E-state index in [4.69, 9.17) is 4.74 Å². The second-order valence-corrected chi connectivity index (χ2v) is 4.28. The lowest BCUT2D eigenvalue weighted by Crippen LogP contribution is -2.01. The largest absolute Gasteiger partial charge is 0.488 e. The van der Waals surface area contributed by atoms with Crippen molar-refractivity contribution < 1.29 is 18.6 Å². The Kier molecular flexibility index (Phi) is 4.12. The highest BCUT2D eigenvalue weighted by Gasteiger charge is 2.10. The maximum absolute atomic E-state index is 13.2. The number of rotatable bonds is 4. The SMILES string of the molecule is C[C@@H](O)c1ccc(F)cc1OCc1cccc(F)c1. The van der Waals surface area contributed by atoms with Crippen LogP contribution in [0.25, 0.3) is 0 Å². The van der Waals surface area contributed by atoms with Crippen LogP contribution < -0.4 is 4.74 Å². The van der Waals surface area contributed by atoms with Crippen molar-refractivity contribution in [2.75, 3.05) is 0 Å². The first kappa shape index (κ1) is 13.5. The molecule has 2 aromatic rings. The quantitative estimate of drug-likeness (QED) is 0.914. The van der Waals surface area contributed by atoms with E-state index in [1.54, 1.807) is 19.1 Å². The molecule has 0 saturated carbocycles. The van der Waals surface area contributed by atoms with Crippen LogP contribution in [0.3, 0.4) is 0 Å². The second kappa shape index (κ2) is 5.80. The molecule has 0 amide bonds. The molecule has 4 heteroatoms. The highest BCUT2D eigenvalue weighted by Crippen LogP contribution is 2.26. The van der Waals surface area contributed by atoms with Gasteiger partial charge in [0.1, 0.15) is 24.0 Å². The topological polar surface area (TPSA) is 29.5 Å². The van der Waals surface area contributed by atoms with Crippen LogP contribution in [0, 0.1) is 11.6 Å². The van der Waals surface area contributed by atoms with Gasteiger partial charge < -0.3 is 9.84 Å². The number of aliphatic hydroxyl groups excluding tert-OH is 1. The average molecular weight is 264 g/mol. The fourth-order valence-corrected chi connectivity index (χ4v) is 1.77. The zero-order valence-electron chi connectivity index (χ0n) is 10.4. The molecule has 1 N–H and O–H groups in total. The van der Waals surface area contributed by atoms with E-state index in [9.17, 15) is 13.9 Å². The summed E-state index contributed by atoms with van der Waals surface area (Å²) < 4.78 is 31.6. The Hall–Kier alpha value is -1.94. The van der Waals surface area contributed by atoms with Gasteiger partial charge in [-0.2, -0.15) is 0 Å². The van der Waals surface area contributed by atoms with Crippen molar-refractivity contribution in [3.05, 3.63) is 65.2 Å². The molecule has 0 aliphatic rings. The predicted molar refractivity (Wildman–Crippen MR) is 67.8 cm³/mol. The van der Waals surface area contributed by atoms with E-state index in [1.807, 2.05) is 0 Å². The van der Waals surface area contributed by atoms with Crippen LogP contribution in [0.1, 0.15) is 24.2 Å². The minimum atomic E-state index is -0.761. The number of hydrogen-bond acceptors (Lipinski definition) is 2. The van der Waals surface area contributed by atoms with Crippen molar-refractivity contribution in [3.8, 4) is 5.75 Å². The van der Waals surface area contributed by atoms with Crippen LogP contribution in [-0.2, 0) is 6.61 Å². The fourth-order valence-electron chi connectivity index (χ4n) is 1.77. The number of benzene rings is 2. The van der Waals surface area contributed by atoms with Gasteiger partial charge in [0.25, 0.3) is 0 Å². The Morgan fingerprint density at radius 3 is 2.53 bits per heavy atom. The molecule has 0 heterocycles. The molecule has 100 valence electrons. The van der Waals surface area contributed by atoms with E-state index in [2.05, 4.69) is 0 Å². The predicted octanol–water partition coefficient (Wildman–Crippen LogP) is 3.60. The molecule has 0 spiro atoms. The van der Waals surface area contributed by atoms with Crippen molar-refractivity contribution in [1.29, 1.82) is 0 Å². The lowest BCUT2D eigenvalue weighted by atomic mass is 10.1. The highest BCUT2D eigenvalue weighted by atomic mass is 19.1. The van der Waals surface area contributed by atoms with Crippen LogP contribution in [-0.4, -0.2) is 5.11 Å². The Morgan fingerprint density at radius 2 is 1.84 bits per heavy atom. The lowest BCUT2D eigenvalue weighted by molar-refractivity contribution is 0.190. The summed E-state index contributed by atoms with van der Waals surface area (Å²) in [6, 6.07) is 9.92. The Morgan fingerprint density at radius 1 is 1.11 bits per heavy atom. The summed E-state index contributed by atoms with van der Waals surface area (Å²) in [7, 11) is 0. The van der Waals surface area contributed by atoms with Crippen molar-refractivity contribution in [2.24, 2.45) is 0 Å². The summed E-state index contributed by atoms with van der Waals surface area (Å²) in [4.78, 5) is 0. The molecule has 0 aliphatic carbocycles. The monoisotopic (exact) mass is 264 g/mol. The lowest BCUT2D eigenvalue weighted by Gasteiger charge is -2.13. The third-order valence-corrected chi connectivity index (χ3v) is 2.71. The van der Waals surface area contributed by atoms with Gasteiger partial charge in [-0.15, -0.1) is 0 Å². The van der Waals surface area contributed by atoms with E-state index < -0.39 is 11.9 Å². The van der Waals surface area contributed by atoms with Gasteiger partial charge in [0.2, 0.25) is 0 Å². The van der Waals surface area contributed by atoms with Crippen molar-refractivity contribution >= 4 is 0 Å². The summed E-state index contributed by atoms with van der Waals surface area (Å²) in [5.74, 6) is -0.533. The first-order chi connectivity index (χ1) is 9.06. The minimum Gasteiger partial charge on any atom is -0.488 e. The average Bonchev–Trinajstić information content (AvgIpc) is 2.36. The standard InChI is InChI=1S/C15H14F2O2/c1-10(18)14-6-5-13(17)8-15(14)19-9-11-3-2-4-12(16)7-11/h2-8,10,18H,9H2,1H3/t10-/m1/s1. The highest BCUT2D eigenvalue weighted by molar-refractivity contribution is 5.35. The minimum absolute atomic E-state index is 0.112. The van der Waals surface area contributed by atoms with Gasteiger partial charge in [-0.25, -0.2) is 8.78 Å². The molecule has 1 atom stereocenters. The van der Waals surface area contributed by atoms with Gasteiger partial charge in [0.05, 0.1) is 6.10 Å². The van der Waals surface area contributed by atoms with Crippen LogP contribution in [0.4, 0.5) is 8.78 Å². The number of hydrogen-bond donors (Lipinski definition) is 1. The van der Waals surface area contributed by atoms with Gasteiger partial charge >= 0.3 is 0 Å². The number of halogens is 2. The molecular formula is C15H14F2O2. The third kappa shape index (κ3) is 3.51. The van der Waals surface area contributed by atoms with E-state index in [1.165, 1.54) is 30.3 Å². The molecule has 0 unspecified atom stereocenters. The van der Waals surface area contributed by atoms with Gasteiger partial charge in [-0.1, -0.05) is 12.1 Å². The summed E-state index contributed by atoms with van der Waals surface area (Å²) in [6.45, 7) is 1.68. The molecule has 0 aromatic heterocycles. The van der Waals surface area contributed by atoms with Crippen molar-refractivity contribution in [2.45, 2.75) is 19.6 Å². The van der Waals surface area contributed by atoms with Gasteiger partial charge in [-0.3, -0.25) is 0 Å². The van der Waals surface area contributed by atoms with Crippen LogP contribution in [0.2, 0.25) is 0 Å². The Bertz CT molecular complexity index is 568. The molecule has 0 aliphatic heterocycles. The fraction of sp³-hybridized carbons (Fsp3) is 0.200. The van der Waals surface area contributed by atoms with E-state index in [0.717, 1.165) is 0 Å². The molecule has 2 aromatic carbocycles. The Labute approximate surface area is 110 Å². The van der Waals surface area contributed by atoms with Crippen LogP contribution >= 0.6 is 0 Å². The maximum atomic E-state index is 13.2. The van der Waals surface area contributed by atoms with E-state index >= 15 is 0 Å². The number of aliphatic hydroxyl groups is 1. The van der Waals surface area contributed by atoms with Gasteiger partial charge in [0.15, 0.2) is 0 Å². The Balaban J connectivity index is 2.17. The summed E-state index contributed by atoms with van der Waals surface area (Å²) in [5, 5.41) is 9.57. The maximum Gasteiger partial charge on any atom is 0.128 e. The first-order valence-corrected chi connectivity index (χ1v) is 5.91. The van der Waals surface area contributed by atoms with Crippen molar-refractivity contribution in [3.63, 3.8) is 0 Å². The summed E-state index contributed by atoms with van der Waals surface area (Å²) in [6.07, 6.45) is -0.761. The van der Waals surface area contributed by atoms with Crippen LogP contribution in [0.5, 0.6) is 5.75 Å². The van der Waals surface area contributed by atoms with Crippen LogP contribution in [0.15, 0.2) is 42.5 Å². The van der Waals surface area contributed by atoms with Crippen molar-refractivity contribution in [1.82, 2.24) is 0 Å². The molecule has 19 heavy (non-hydrogen) atoms. The van der Waals surface area contributed by atoms with E-state index in [-0.39, 0.29) is 18.2 Å². The first-order valence-electron chi connectivity index (χ1n) is 5.91. The van der Waals surface area contributed by atoms with Gasteiger partial charge in [-0.05, 0) is 36.8 Å². The van der Waals surface area contributed by atoms with E-state index in [0.29, 0.717) is 11.1 Å². The van der Waals surface area contributed by atoms with Gasteiger partial charge in [0, 0.05) is 11.6 Å². The molecular weight excluding hydrogens is 250 g/mol. The zero-order valence-corrected chi connectivity index (χ0v) is 10.4. The molecule has 0 bridgehead atoms. The summed E-state index contributed by atoms with van der Waals surface area (Å²) >= 11 is 0. The number of ether oxygens (including phenoxy) is 1. The zero-order chi connectivity index (χ0) is 13.8. The summed E-state index contributed by atoms with van der Waals surface area (Å²) in [5.41, 5.74) is 1.14.